The van der Waals surface area contributed by atoms with Crippen molar-refractivity contribution in [2.45, 2.75) is 71.1 Å². The third kappa shape index (κ3) is 15.0. The summed E-state index contributed by atoms with van der Waals surface area (Å²) in [4.78, 5) is 10.1. The Morgan fingerprint density at radius 1 is 0.944 bits per heavy atom. The molecule has 0 heterocycles. The highest BCUT2D eigenvalue weighted by Gasteiger charge is 1.92. The molecule has 0 aromatic rings. The van der Waals surface area contributed by atoms with E-state index in [0.717, 1.165) is 12.5 Å². The largest absolute Gasteiger partial charge is 0.501 e. The first-order valence-corrected chi connectivity index (χ1v) is 7.28. The van der Waals surface area contributed by atoms with E-state index in [0.29, 0.717) is 6.61 Å². The van der Waals surface area contributed by atoms with E-state index in [-0.39, 0.29) is 0 Å². The Morgan fingerprint density at radius 3 is 1.94 bits per heavy atom. The Labute approximate surface area is 111 Å². The van der Waals surface area contributed by atoms with E-state index < -0.39 is 5.97 Å². The minimum absolute atomic E-state index is 0.625. The molecule has 3 nitrogen and oxygen atoms in total. The minimum Gasteiger partial charge on any atom is -0.501 e. The highest BCUT2D eigenvalue weighted by atomic mass is 16.5. The van der Waals surface area contributed by atoms with Crippen molar-refractivity contribution in [3.63, 3.8) is 0 Å². The number of ether oxygens (including phenoxy) is 1. The highest BCUT2D eigenvalue weighted by Crippen LogP contribution is 2.10. The number of carboxylic acid groups (broad SMARTS) is 1. The van der Waals surface area contributed by atoms with Gasteiger partial charge in [0.15, 0.2) is 0 Å². The fourth-order valence-electron chi connectivity index (χ4n) is 1.85. The second kappa shape index (κ2) is 14.1. The zero-order valence-electron chi connectivity index (χ0n) is 11.7. The molecule has 0 amide bonds. The van der Waals surface area contributed by atoms with Crippen LogP contribution >= 0.6 is 0 Å². The lowest BCUT2D eigenvalue weighted by Crippen LogP contribution is -1.91. The van der Waals surface area contributed by atoms with Crippen molar-refractivity contribution in [1.82, 2.24) is 0 Å². The minimum atomic E-state index is -0.960. The Kier molecular flexibility index (Phi) is 13.3. The summed E-state index contributed by atoms with van der Waals surface area (Å²) in [6, 6.07) is 0. The van der Waals surface area contributed by atoms with Crippen LogP contribution in [0.25, 0.3) is 0 Å². The number of unbranched alkanes of at least 4 members (excludes halogenated alkanes) is 9. The van der Waals surface area contributed by atoms with Gasteiger partial charge in [-0.2, -0.15) is 0 Å². The maximum Gasteiger partial charge on any atom is 0.331 e. The first-order chi connectivity index (χ1) is 8.77. The summed E-state index contributed by atoms with van der Waals surface area (Å²) in [7, 11) is 0. The Balaban J connectivity index is 3.01. The van der Waals surface area contributed by atoms with Crippen molar-refractivity contribution < 1.29 is 14.6 Å². The molecule has 0 aromatic heterocycles. The van der Waals surface area contributed by atoms with Crippen LogP contribution in [-0.4, -0.2) is 17.7 Å². The quantitative estimate of drug-likeness (QED) is 0.299. The molecule has 0 aliphatic rings. The van der Waals surface area contributed by atoms with Gasteiger partial charge in [0.1, 0.15) is 0 Å². The number of rotatable bonds is 13. The lowest BCUT2D eigenvalue weighted by atomic mass is 10.1. The van der Waals surface area contributed by atoms with E-state index in [9.17, 15) is 4.79 Å². The van der Waals surface area contributed by atoms with Crippen LogP contribution in [0.4, 0.5) is 0 Å². The molecular weight excluding hydrogens is 228 g/mol. The lowest BCUT2D eigenvalue weighted by Gasteiger charge is -2.02. The fourth-order valence-corrected chi connectivity index (χ4v) is 1.85. The van der Waals surface area contributed by atoms with Crippen LogP contribution in [0.2, 0.25) is 0 Å². The molecule has 0 radical (unpaired) electrons. The van der Waals surface area contributed by atoms with Gasteiger partial charge in [-0.25, -0.2) is 4.79 Å². The highest BCUT2D eigenvalue weighted by molar-refractivity contribution is 5.79. The van der Waals surface area contributed by atoms with Gasteiger partial charge in [0, 0.05) is 0 Å². The van der Waals surface area contributed by atoms with E-state index in [1.54, 1.807) is 0 Å². The molecule has 0 bridgehead atoms. The van der Waals surface area contributed by atoms with Gasteiger partial charge < -0.3 is 9.84 Å². The van der Waals surface area contributed by atoms with Gasteiger partial charge in [-0.15, -0.1) is 0 Å². The van der Waals surface area contributed by atoms with Gasteiger partial charge in [-0.1, -0.05) is 64.7 Å². The molecule has 0 unspecified atom stereocenters. The van der Waals surface area contributed by atoms with Gasteiger partial charge in [-0.05, 0) is 6.42 Å². The number of carbonyl (C=O) groups is 1. The van der Waals surface area contributed by atoms with Crippen LogP contribution < -0.4 is 0 Å². The molecule has 3 heteroatoms. The van der Waals surface area contributed by atoms with Gasteiger partial charge in [0.25, 0.3) is 0 Å². The predicted octanol–water partition coefficient (Wildman–Crippen LogP) is 4.52. The Morgan fingerprint density at radius 2 is 1.44 bits per heavy atom. The summed E-state index contributed by atoms with van der Waals surface area (Å²) in [5.74, 6) is -0.960. The second-order valence-corrected chi connectivity index (χ2v) is 4.69. The van der Waals surface area contributed by atoms with Crippen LogP contribution in [0.1, 0.15) is 71.1 Å². The average Bonchev–Trinajstić information content (AvgIpc) is 2.34. The summed E-state index contributed by atoms with van der Waals surface area (Å²) >= 11 is 0. The lowest BCUT2D eigenvalue weighted by molar-refractivity contribution is -0.131. The summed E-state index contributed by atoms with van der Waals surface area (Å²) in [6.45, 7) is 2.87. The van der Waals surface area contributed by atoms with Crippen molar-refractivity contribution >= 4 is 5.97 Å². The number of carboxylic acids is 1. The fraction of sp³-hybridized carbons (Fsp3) is 0.800. The normalized spacial score (nSPS) is 10.9. The molecule has 0 spiro atoms. The SMILES string of the molecule is CCCCCCCCCCCCOC=CC(=O)O. The zero-order valence-corrected chi connectivity index (χ0v) is 11.7. The molecule has 0 aliphatic carbocycles. The summed E-state index contributed by atoms with van der Waals surface area (Å²) in [5.41, 5.74) is 0. The van der Waals surface area contributed by atoms with Crippen molar-refractivity contribution in [2.24, 2.45) is 0 Å². The molecule has 0 aliphatic heterocycles. The van der Waals surface area contributed by atoms with Crippen LogP contribution in [0.3, 0.4) is 0 Å². The van der Waals surface area contributed by atoms with E-state index in [2.05, 4.69) is 6.92 Å². The molecule has 0 aromatic carbocycles. The van der Waals surface area contributed by atoms with Crippen molar-refractivity contribution in [1.29, 1.82) is 0 Å². The number of hydrogen-bond donors (Lipinski definition) is 1. The third-order valence-electron chi connectivity index (χ3n) is 2.92. The van der Waals surface area contributed by atoms with Crippen molar-refractivity contribution in [3.8, 4) is 0 Å². The molecule has 0 fully saturated rings. The molecular formula is C15H28O3. The third-order valence-corrected chi connectivity index (χ3v) is 2.92. The molecule has 18 heavy (non-hydrogen) atoms. The summed E-state index contributed by atoms with van der Waals surface area (Å²) < 4.78 is 5.06. The van der Waals surface area contributed by atoms with Crippen LogP contribution in [0.15, 0.2) is 12.3 Å². The van der Waals surface area contributed by atoms with Crippen LogP contribution in [0.5, 0.6) is 0 Å². The molecule has 0 saturated carbocycles. The van der Waals surface area contributed by atoms with Crippen molar-refractivity contribution in [3.05, 3.63) is 12.3 Å². The standard InChI is InChI=1S/C15H28O3/c1-2-3-4-5-6-7-8-9-10-11-13-18-14-12-15(16)17/h12,14H,2-11,13H2,1H3,(H,16,17). The Bertz CT molecular complexity index is 212. The van der Waals surface area contributed by atoms with E-state index >= 15 is 0 Å². The molecule has 106 valence electrons. The predicted molar refractivity (Wildman–Crippen MR) is 74.6 cm³/mol. The van der Waals surface area contributed by atoms with Gasteiger partial charge in [0.2, 0.25) is 0 Å². The molecule has 0 atom stereocenters. The molecule has 1 N–H and O–H groups in total. The smallest absolute Gasteiger partial charge is 0.331 e. The summed E-state index contributed by atoms with van der Waals surface area (Å²) in [5, 5.41) is 8.32. The monoisotopic (exact) mass is 256 g/mol. The number of hydrogen-bond acceptors (Lipinski definition) is 2. The number of aliphatic carboxylic acids is 1. The van der Waals surface area contributed by atoms with E-state index in [1.807, 2.05) is 0 Å². The zero-order chi connectivity index (χ0) is 13.5. The van der Waals surface area contributed by atoms with Crippen LogP contribution in [-0.2, 0) is 9.53 Å². The van der Waals surface area contributed by atoms with Crippen molar-refractivity contribution in [2.75, 3.05) is 6.61 Å². The maximum absolute atomic E-state index is 10.1. The first-order valence-electron chi connectivity index (χ1n) is 7.28. The van der Waals surface area contributed by atoms with Crippen LogP contribution in [0, 0.1) is 0 Å². The van der Waals surface area contributed by atoms with Gasteiger partial charge in [0.05, 0.1) is 18.9 Å². The first kappa shape index (κ1) is 17.0. The molecule has 0 rings (SSSR count). The Hall–Kier alpha value is -0.990. The van der Waals surface area contributed by atoms with E-state index in [4.69, 9.17) is 9.84 Å². The second-order valence-electron chi connectivity index (χ2n) is 4.69. The maximum atomic E-state index is 10.1. The van der Waals surface area contributed by atoms with Gasteiger partial charge >= 0.3 is 5.97 Å². The summed E-state index contributed by atoms with van der Waals surface area (Å²) in [6.07, 6.45) is 15.2. The molecule has 0 saturated heterocycles. The average molecular weight is 256 g/mol. The van der Waals surface area contributed by atoms with E-state index in [1.165, 1.54) is 64.0 Å². The topological polar surface area (TPSA) is 46.5 Å². The van der Waals surface area contributed by atoms with Gasteiger partial charge in [-0.3, -0.25) is 0 Å².